The summed E-state index contributed by atoms with van der Waals surface area (Å²) in [5.41, 5.74) is 0.769. The highest BCUT2D eigenvalue weighted by Crippen LogP contribution is 2.24. The van der Waals surface area contributed by atoms with E-state index >= 15 is 0 Å². The van der Waals surface area contributed by atoms with Crippen molar-refractivity contribution in [1.29, 1.82) is 0 Å². The second kappa shape index (κ2) is 7.82. The number of fused-ring (bicyclic) bond motifs is 1. The summed E-state index contributed by atoms with van der Waals surface area (Å²) in [5, 5.41) is 16.5. The van der Waals surface area contributed by atoms with Crippen molar-refractivity contribution in [2.24, 2.45) is 5.92 Å². The van der Waals surface area contributed by atoms with Crippen molar-refractivity contribution < 1.29 is 4.79 Å². The molecule has 0 bridgehead atoms. The molecule has 27 heavy (non-hydrogen) atoms. The highest BCUT2D eigenvalue weighted by molar-refractivity contribution is 5.79. The van der Waals surface area contributed by atoms with Gasteiger partial charge in [0.15, 0.2) is 11.5 Å². The highest BCUT2D eigenvalue weighted by Gasteiger charge is 2.28. The van der Waals surface area contributed by atoms with E-state index in [1.54, 1.807) is 0 Å². The topological polar surface area (TPSA) is 75.4 Å². The van der Waals surface area contributed by atoms with Gasteiger partial charge in [-0.1, -0.05) is 33.1 Å². The maximum absolute atomic E-state index is 12.8. The van der Waals surface area contributed by atoms with Crippen molar-refractivity contribution in [1.82, 2.24) is 25.1 Å². The van der Waals surface area contributed by atoms with Gasteiger partial charge in [-0.3, -0.25) is 4.79 Å². The summed E-state index contributed by atoms with van der Waals surface area (Å²) in [6, 6.07) is 4.34. The lowest BCUT2D eigenvalue weighted by Gasteiger charge is -2.34. The number of rotatable bonds is 4. The maximum atomic E-state index is 12.8. The number of nitrogens with zero attached hydrogens (tertiary/aromatic N) is 5. The van der Waals surface area contributed by atoms with Gasteiger partial charge in [0.05, 0.1) is 5.92 Å². The summed E-state index contributed by atoms with van der Waals surface area (Å²) in [6.07, 6.45) is 8.02. The molecule has 2 fully saturated rings. The van der Waals surface area contributed by atoms with Crippen LogP contribution in [-0.4, -0.2) is 44.8 Å². The molecule has 7 nitrogen and oxygen atoms in total. The molecule has 1 amide bonds. The van der Waals surface area contributed by atoms with Crippen LogP contribution < -0.4 is 10.2 Å². The fourth-order valence-electron chi connectivity index (χ4n) is 4.29. The van der Waals surface area contributed by atoms with Crippen LogP contribution in [0.2, 0.25) is 0 Å². The van der Waals surface area contributed by atoms with Crippen molar-refractivity contribution in [3.05, 3.63) is 18.0 Å². The van der Waals surface area contributed by atoms with Crippen LogP contribution in [0.4, 0.5) is 5.82 Å². The molecule has 146 valence electrons. The molecule has 2 aliphatic rings. The van der Waals surface area contributed by atoms with Gasteiger partial charge in [-0.2, -0.15) is 4.52 Å². The monoisotopic (exact) mass is 370 g/mol. The molecule has 0 radical (unpaired) electrons. The maximum Gasteiger partial charge on any atom is 0.225 e. The molecule has 3 heterocycles. The van der Waals surface area contributed by atoms with Crippen LogP contribution in [0.25, 0.3) is 5.65 Å². The standard InChI is InChI=1S/C20H30N6O/c1-14(2)19-23-22-17-10-11-18(24-26(17)19)25-12-6-7-15(13-25)20(27)21-16-8-4-3-5-9-16/h10-11,14-16H,3-9,12-13H2,1-2H3,(H,21,27). The molecule has 0 spiro atoms. The van der Waals surface area contributed by atoms with Crippen LogP contribution >= 0.6 is 0 Å². The summed E-state index contributed by atoms with van der Waals surface area (Å²) >= 11 is 0. The summed E-state index contributed by atoms with van der Waals surface area (Å²) in [4.78, 5) is 15.0. The van der Waals surface area contributed by atoms with E-state index in [9.17, 15) is 4.79 Å². The molecule has 1 saturated carbocycles. The summed E-state index contributed by atoms with van der Waals surface area (Å²) in [5.74, 6) is 2.30. The number of carbonyl (C=O) groups excluding carboxylic acids is 1. The van der Waals surface area contributed by atoms with Gasteiger partial charge < -0.3 is 10.2 Å². The van der Waals surface area contributed by atoms with Crippen LogP contribution in [-0.2, 0) is 4.79 Å². The largest absolute Gasteiger partial charge is 0.354 e. The van der Waals surface area contributed by atoms with Gasteiger partial charge in [0.1, 0.15) is 5.82 Å². The Balaban J connectivity index is 1.46. The Morgan fingerprint density at radius 2 is 1.93 bits per heavy atom. The zero-order valence-corrected chi connectivity index (χ0v) is 16.4. The van der Waals surface area contributed by atoms with Gasteiger partial charge in [0.25, 0.3) is 0 Å². The first kappa shape index (κ1) is 18.2. The number of nitrogens with one attached hydrogen (secondary N) is 1. The van der Waals surface area contributed by atoms with E-state index in [-0.39, 0.29) is 17.7 Å². The van der Waals surface area contributed by atoms with Gasteiger partial charge in [-0.05, 0) is 37.8 Å². The summed E-state index contributed by atoms with van der Waals surface area (Å²) in [6.45, 7) is 5.86. The minimum Gasteiger partial charge on any atom is -0.354 e. The van der Waals surface area contributed by atoms with Gasteiger partial charge in [-0.25, -0.2) is 0 Å². The first-order valence-corrected chi connectivity index (χ1v) is 10.4. The molecule has 1 aliphatic heterocycles. The molecule has 1 unspecified atom stereocenters. The Bertz CT molecular complexity index is 795. The first-order valence-electron chi connectivity index (χ1n) is 10.4. The van der Waals surface area contributed by atoms with Crippen LogP contribution in [0.15, 0.2) is 12.1 Å². The third-order valence-electron chi connectivity index (χ3n) is 5.86. The number of amides is 1. The predicted molar refractivity (Wildman–Crippen MR) is 105 cm³/mol. The SMILES string of the molecule is CC(C)c1nnc2ccc(N3CCCC(C(=O)NC4CCCCC4)C3)nn12. The van der Waals surface area contributed by atoms with Crippen LogP contribution in [0.3, 0.4) is 0 Å². The Hall–Kier alpha value is -2.18. The van der Waals surface area contributed by atoms with Crippen molar-refractivity contribution in [2.45, 2.75) is 70.8 Å². The van der Waals surface area contributed by atoms with E-state index in [0.29, 0.717) is 6.04 Å². The molecule has 1 N–H and O–H groups in total. The number of carbonyl (C=O) groups is 1. The highest BCUT2D eigenvalue weighted by atomic mass is 16.2. The van der Waals surface area contributed by atoms with Crippen molar-refractivity contribution >= 4 is 17.4 Å². The van der Waals surface area contributed by atoms with Crippen LogP contribution in [0.5, 0.6) is 0 Å². The number of hydrogen-bond acceptors (Lipinski definition) is 5. The molecule has 2 aromatic heterocycles. The Kier molecular flexibility index (Phi) is 5.27. The normalized spacial score (nSPS) is 21.7. The van der Waals surface area contributed by atoms with E-state index in [0.717, 1.165) is 56.1 Å². The lowest BCUT2D eigenvalue weighted by molar-refractivity contribution is -0.126. The van der Waals surface area contributed by atoms with Crippen molar-refractivity contribution in [3.8, 4) is 0 Å². The molecule has 1 saturated heterocycles. The van der Waals surface area contributed by atoms with Crippen LogP contribution in [0, 0.1) is 5.92 Å². The molecular weight excluding hydrogens is 340 g/mol. The zero-order chi connectivity index (χ0) is 18.8. The predicted octanol–water partition coefficient (Wildman–Crippen LogP) is 2.91. The second-order valence-corrected chi connectivity index (χ2v) is 8.30. The zero-order valence-electron chi connectivity index (χ0n) is 16.4. The first-order chi connectivity index (χ1) is 13.1. The third-order valence-corrected chi connectivity index (χ3v) is 5.86. The van der Waals surface area contributed by atoms with E-state index in [1.165, 1.54) is 19.3 Å². The van der Waals surface area contributed by atoms with E-state index in [1.807, 2.05) is 16.6 Å². The lowest BCUT2D eigenvalue weighted by Crippen LogP contribution is -2.46. The fraction of sp³-hybridized carbons (Fsp3) is 0.700. The summed E-state index contributed by atoms with van der Waals surface area (Å²) < 4.78 is 1.84. The molecule has 2 aromatic rings. The van der Waals surface area contributed by atoms with E-state index in [4.69, 9.17) is 5.10 Å². The van der Waals surface area contributed by atoms with Gasteiger partial charge in [-0.15, -0.1) is 15.3 Å². The third kappa shape index (κ3) is 3.92. The molecule has 1 aliphatic carbocycles. The smallest absolute Gasteiger partial charge is 0.225 e. The number of aromatic nitrogens is 4. The molecule has 0 aromatic carbocycles. The summed E-state index contributed by atoms with van der Waals surface area (Å²) in [7, 11) is 0. The van der Waals surface area contributed by atoms with Gasteiger partial charge in [0, 0.05) is 25.0 Å². The average Bonchev–Trinajstić information content (AvgIpc) is 3.12. The molecule has 1 atom stereocenters. The van der Waals surface area contributed by atoms with Crippen molar-refractivity contribution in [3.63, 3.8) is 0 Å². The minimum atomic E-state index is 0.0451. The second-order valence-electron chi connectivity index (χ2n) is 8.30. The number of hydrogen-bond donors (Lipinski definition) is 1. The number of anilines is 1. The Labute approximate surface area is 160 Å². The van der Waals surface area contributed by atoms with Crippen molar-refractivity contribution in [2.75, 3.05) is 18.0 Å². The van der Waals surface area contributed by atoms with Gasteiger partial charge >= 0.3 is 0 Å². The molecular formula is C20H30N6O. The molecule has 7 heteroatoms. The van der Waals surface area contributed by atoms with E-state index < -0.39 is 0 Å². The van der Waals surface area contributed by atoms with E-state index in [2.05, 4.69) is 34.3 Å². The molecule has 4 rings (SSSR count). The van der Waals surface area contributed by atoms with Gasteiger partial charge in [0.2, 0.25) is 5.91 Å². The quantitative estimate of drug-likeness (QED) is 0.896. The number of piperidine rings is 1. The minimum absolute atomic E-state index is 0.0451. The lowest BCUT2D eigenvalue weighted by atomic mass is 9.93. The fourth-order valence-corrected chi connectivity index (χ4v) is 4.29. The Morgan fingerprint density at radius 1 is 1.11 bits per heavy atom. The Morgan fingerprint density at radius 3 is 2.70 bits per heavy atom. The average molecular weight is 371 g/mol. The van der Waals surface area contributed by atoms with Crippen LogP contribution in [0.1, 0.15) is 70.5 Å².